The number of aliphatic hydroxyl groups is 2. The van der Waals surface area contributed by atoms with E-state index in [-0.39, 0.29) is 69.9 Å². The van der Waals surface area contributed by atoms with Crippen LogP contribution in [-0.4, -0.2) is 206 Å². The zero-order valence-electron chi connectivity index (χ0n) is 63.8. The Morgan fingerprint density at radius 3 is 1.09 bits per heavy atom. The van der Waals surface area contributed by atoms with Gasteiger partial charge in [-0.15, -0.1) is 13.2 Å². The molecule has 4 aromatic rings. The fourth-order valence-corrected chi connectivity index (χ4v) is 10.7. The molecule has 612 valence electrons. The zero-order valence-corrected chi connectivity index (χ0v) is 69.1. The van der Waals surface area contributed by atoms with Gasteiger partial charge in [0, 0.05) is 52.4 Å². The maximum Gasteiger partial charge on any atom is 0.377 e. The van der Waals surface area contributed by atoms with Crippen LogP contribution in [0.4, 0.5) is 0 Å². The standard InChI is InChI=1S/C13H19O5P.C11H16NO5P.C9H17O5P.C7H9O3P.C6H13O5P.C6H12O3.C5H5NO.C5H10O3.C4H9O3P/c1-4-16-13(14)11(2)10-17-19(3,15)18-12-8-6-5-7-9-12;1-4-15-11(13)9(2)16-18(3,14)17-10-6-5-7-12-8-10;1-5-7-13-15(4,11)14-8(3)9(10)12-6-2;1-11(8,9)10-7-5-3-2-4-6-7;1-4-10-6(7)5(2)11-12(3,8)9;1-3-9-6(8)5(2)4-7;7-5-2-1-3-6-4-5;1-3-8-5(7)4(2)6;1-3-4-7-8(2,5)6/h5-9,11H,4,10H2,1-3H3;5-9H,4H2,1-3H3;5,8H,1,6-7H2,2-4H3;2-6H,1H3,(H,8,9);5H,4H2,1-3H3,(H,8,9);5,7H,3-4H2,1-2H3;1-4,7H;4,6H,3H2,1-2H3;3H,1,4H2,2H3,(H,5,6). The molecule has 107 heavy (non-hydrogen) atoms. The molecule has 12 atom stereocenters. The van der Waals surface area contributed by atoms with Crippen molar-refractivity contribution >= 4 is 81.4 Å². The summed E-state index contributed by atoms with van der Waals surface area (Å²) in [6, 6.07) is 23.8. The van der Waals surface area contributed by atoms with E-state index in [4.69, 9.17) is 75.9 Å². The van der Waals surface area contributed by atoms with E-state index < -0.39 is 99.8 Å². The van der Waals surface area contributed by atoms with Gasteiger partial charge in [-0.1, -0.05) is 48.6 Å². The first-order chi connectivity index (χ1) is 49.6. The fourth-order valence-electron chi connectivity index (χ4n) is 5.75. The quantitative estimate of drug-likeness (QED) is 0.0109. The molecule has 0 aliphatic carbocycles. The average molecular weight is 1650 g/mol. The molecule has 0 bridgehead atoms. The predicted octanol–water partition coefficient (Wildman–Crippen LogP) is 11.9. The maximum atomic E-state index is 12.1. The van der Waals surface area contributed by atoms with E-state index in [1.165, 1.54) is 72.2 Å². The Morgan fingerprint density at radius 1 is 0.421 bits per heavy atom. The van der Waals surface area contributed by atoms with Crippen LogP contribution >= 0.6 is 45.6 Å². The summed E-state index contributed by atoms with van der Waals surface area (Å²) in [6.07, 6.45) is 5.02. The Kier molecular flexibility index (Phi) is 63.0. The van der Waals surface area contributed by atoms with Crippen molar-refractivity contribution < 1.29 is 155 Å². The molecule has 0 saturated heterocycles. The van der Waals surface area contributed by atoms with Crippen LogP contribution in [0, 0.1) is 11.8 Å². The highest BCUT2D eigenvalue weighted by molar-refractivity contribution is 7.54. The average Bonchev–Trinajstić information content (AvgIpc) is 0.880. The van der Waals surface area contributed by atoms with E-state index >= 15 is 0 Å². The van der Waals surface area contributed by atoms with Crippen LogP contribution in [-0.2, 0) is 112 Å². The molecule has 2 aromatic carbocycles. The lowest BCUT2D eigenvalue weighted by atomic mass is 10.2. The van der Waals surface area contributed by atoms with Crippen molar-refractivity contribution in [2.24, 2.45) is 11.8 Å². The van der Waals surface area contributed by atoms with E-state index in [2.05, 4.69) is 46.4 Å². The van der Waals surface area contributed by atoms with Crippen molar-refractivity contribution in [3.05, 3.63) is 135 Å². The monoisotopic (exact) mass is 1640 g/mol. The van der Waals surface area contributed by atoms with Gasteiger partial charge in [-0.25, -0.2) is 32.9 Å². The van der Waals surface area contributed by atoms with Gasteiger partial charge in [0.25, 0.3) is 0 Å². The number of hydrogen-bond acceptors (Lipinski definition) is 32. The summed E-state index contributed by atoms with van der Waals surface area (Å²) in [5, 5.41) is 25.5. The number of carbonyl (C=O) groups excluding carboxylic acids is 6. The number of rotatable bonds is 34. The number of aliphatic hydroxyl groups excluding tert-OH is 2. The highest BCUT2D eigenvalue weighted by Gasteiger charge is 2.29. The number of pyridine rings is 2. The molecule has 2 aromatic heterocycles. The van der Waals surface area contributed by atoms with E-state index in [9.17, 15) is 56.2 Å². The zero-order chi connectivity index (χ0) is 83.5. The van der Waals surface area contributed by atoms with Crippen molar-refractivity contribution in [3.63, 3.8) is 0 Å². The SMILES string of the molecule is C=CCOP(C)(=O)O.C=CCOP(C)(=O)OC(C)C(=O)OCC.CCOC(=O)C(C)CO.CCOC(=O)C(C)COP(C)(=O)Oc1ccccc1.CCOC(=O)C(C)O.CCOC(=O)C(C)OP(C)(=O)O.CCOC(=O)C(C)OP(C)(=O)Oc1cccnc1.CP(=O)(O)Oc1ccccc1.Oc1cccnc1. The number of aromatic hydroxyl groups is 1. The van der Waals surface area contributed by atoms with Gasteiger partial charge in [0.2, 0.25) is 0 Å². The van der Waals surface area contributed by atoms with Gasteiger partial charge in [-0.05, 0) is 132 Å². The van der Waals surface area contributed by atoms with Gasteiger partial charge in [0.05, 0.1) is 90.3 Å². The molecule has 4 rings (SSSR count). The van der Waals surface area contributed by atoms with Gasteiger partial charge >= 0.3 is 81.4 Å². The Hall–Kier alpha value is -6.82. The first kappa shape index (κ1) is 109. The van der Waals surface area contributed by atoms with Crippen molar-refractivity contribution in [2.75, 3.05) is 106 Å². The van der Waals surface area contributed by atoms with Crippen LogP contribution < -0.4 is 13.6 Å². The lowest BCUT2D eigenvalue weighted by molar-refractivity contribution is -0.152. The van der Waals surface area contributed by atoms with Crippen LogP contribution in [0.1, 0.15) is 83.1 Å². The number of para-hydroxylation sites is 2. The molecule has 2 heterocycles. The van der Waals surface area contributed by atoms with Gasteiger partial charge in [-0.3, -0.25) is 51.3 Å². The van der Waals surface area contributed by atoms with Crippen LogP contribution in [0.3, 0.4) is 0 Å². The lowest BCUT2D eigenvalue weighted by Gasteiger charge is -2.18. The van der Waals surface area contributed by atoms with Gasteiger partial charge in [0.15, 0.2) is 18.3 Å². The molecular formula is C66H110N2O33P6. The second kappa shape index (κ2) is 62.0. The first-order valence-electron chi connectivity index (χ1n) is 32.4. The smallest absolute Gasteiger partial charge is 0.377 e. The molecule has 41 heteroatoms. The second-order valence-electron chi connectivity index (χ2n) is 20.9. The van der Waals surface area contributed by atoms with Crippen molar-refractivity contribution in [3.8, 4) is 23.0 Å². The molecule has 0 aliphatic heterocycles. The van der Waals surface area contributed by atoms with Crippen LogP contribution in [0.2, 0.25) is 0 Å². The highest BCUT2D eigenvalue weighted by atomic mass is 31.2. The first-order valence-corrected chi connectivity index (χ1v) is 44.5. The summed E-state index contributed by atoms with van der Waals surface area (Å²) in [4.78, 5) is 99.0. The number of benzene rings is 2. The molecule has 6 N–H and O–H groups in total. The summed E-state index contributed by atoms with van der Waals surface area (Å²) in [5.74, 6) is -2.48. The van der Waals surface area contributed by atoms with Crippen molar-refractivity contribution in [2.45, 2.75) is 108 Å². The number of esters is 6. The highest BCUT2D eigenvalue weighted by Crippen LogP contribution is 2.47. The third-order valence-corrected chi connectivity index (χ3v) is 15.8. The maximum absolute atomic E-state index is 12.1. The van der Waals surface area contributed by atoms with E-state index in [0.29, 0.717) is 37.1 Å². The van der Waals surface area contributed by atoms with Crippen LogP contribution in [0.15, 0.2) is 135 Å². The van der Waals surface area contributed by atoms with Gasteiger partial charge in [0.1, 0.15) is 29.1 Å². The molecule has 0 saturated carbocycles. The largest absolute Gasteiger partial charge is 0.506 e. The Balaban J connectivity index is -0.000000372. The number of carbonyl (C=O) groups is 6. The van der Waals surface area contributed by atoms with Crippen molar-refractivity contribution in [1.29, 1.82) is 0 Å². The van der Waals surface area contributed by atoms with E-state index in [1.54, 1.807) is 141 Å². The molecule has 0 amide bonds. The third kappa shape index (κ3) is 70.6. The third-order valence-electron chi connectivity index (χ3n) is 10.2. The summed E-state index contributed by atoms with van der Waals surface area (Å²) in [6.45, 7) is 34.9. The minimum absolute atomic E-state index is 0.000551. The Bertz CT molecular complexity index is 3360. The number of nitrogens with zero attached hydrogens (tertiary/aromatic N) is 2. The fraction of sp³-hybridized carbons (Fsp3) is 0.515. The summed E-state index contributed by atoms with van der Waals surface area (Å²) >= 11 is 0. The second-order valence-corrected chi connectivity index (χ2v) is 32.3. The molecule has 0 aliphatic rings. The van der Waals surface area contributed by atoms with Crippen LogP contribution in [0.5, 0.6) is 23.0 Å². The summed E-state index contributed by atoms with van der Waals surface area (Å²) in [5.41, 5.74) is 0. The molecular weight excluding hydrogens is 1530 g/mol. The van der Waals surface area contributed by atoms with Crippen LogP contribution in [0.25, 0.3) is 0 Å². The molecule has 0 spiro atoms. The topological polar surface area (TPSA) is 490 Å². The predicted molar refractivity (Wildman–Crippen MR) is 400 cm³/mol. The number of hydrogen-bond donors (Lipinski definition) is 6. The van der Waals surface area contributed by atoms with E-state index in [0.717, 1.165) is 20.0 Å². The number of aromatic nitrogens is 2. The van der Waals surface area contributed by atoms with Gasteiger partial charge in [-0.2, -0.15) is 0 Å². The van der Waals surface area contributed by atoms with E-state index in [1.807, 2.05) is 12.1 Å². The minimum atomic E-state index is -3.60. The Labute approximate surface area is 627 Å². The number of ether oxygens (including phenoxy) is 6. The molecule has 12 unspecified atom stereocenters. The summed E-state index contributed by atoms with van der Waals surface area (Å²) in [7, 11) is -20.1. The lowest BCUT2D eigenvalue weighted by Crippen LogP contribution is -2.23. The molecule has 0 radical (unpaired) electrons. The minimum Gasteiger partial charge on any atom is -0.506 e. The molecule has 35 nitrogen and oxygen atoms in total. The summed E-state index contributed by atoms with van der Waals surface area (Å²) < 4.78 is 139. The van der Waals surface area contributed by atoms with Crippen molar-refractivity contribution in [1.82, 2.24) is 9.97 Å². The Morgan fingerprint density at radius 2 is 0.776 bits per heavy atom. The molecule has 0 fully saturated rings. The normalized spacial score (nSPS) is 15.1. The van der Waals surface area contributed by atoms with Gasteiger partial charge < -0.3 is 81.0 Å².